The molecular formula is C24H31ClN8O. The number of piperazine rings is 1. The fraction of sp³-hybridized carbons (Fsp3) is 0.500. The Morgan fingerprint density at radius 2 is 1.97 bits per heavy atom. The molecule has 2 atom stereocenters. The summed E-state index contributed by atoms with van der Waals surface area (Å²) in [4.78, 5) is 31.1. The Morgan fingerprint density at radius 3 is 2.76 bits per heavy atom. The van der Waals surface area contributed by atoms with Crippen LogP contribution in [0, 0.1) is 5.92 Å². The Bertz CT molecular complexity index is 1200. The van der Waals surface area contributed by atoms with Gasteiger partial charge in [0.05, 0.1) is 29.5 Å². The first kappa shape index (κ1) is 22.9. The van der Waals surface area contributed by atoms with Gasteiger partial charge in [-0.05, 0) is 39.8 Å². The molecule has 0 radical (unpaired) electrons. The molecule has 3 aromatic heterocycles. The maximum Gasteiger partial charge on any atom is 0.227 e. The monoisotopic (exact) mass is 482 g/mol. The van der Waals surface area contributed by atoms with Crippen LogP contribution in [0.3, 0.4) is 0 Å². The zero-order chi connectivity index (χ0) is 24.0. The van der Waals surface area contributed by atoms with E-state index in [1.165, 1.54) is 0 Å². The lowest BCUT2D eigenvalue weighted by Gasteiger charge is -2.42. The minimum absolute atomic E-state index is 0.0158. The molecule has 0 spiro atoms. The highest BCUT2D eigenvalue weighted by molar-refractivity contribution is 6.32. The van der Waals surface area contributed by atoms with Gasteiger partial charge in [0, 0.05) is 44.5 Å². The van der Waals surface area contributed by atoms with Gasteiger partial charge in [0.25, 0.3) is 0 Å². The van der Waals surface area contributed by atoms with Crippen LogP contribution in [0.2, 0.25) is 5.02 Å². The van der Waals surface area contributed by atoms with Gasteiger partial charge in [0.15, 0.2) is 5.82 Å². The summed E-state index contributed by atoms with van der Waals surface area (Å²) < 4.78 is 2.01. The lowest BCUT2D eigenvalue weighted by atomic mass is 9.95. The third-order valence-corrected chi connectivity index (χ3v) is 7.05. The molecular weight excluding hydrogens is 452 g/mol. The summed E-state index contributed by atoms with van der Waals surface area (Å²) >= 11 is 6.46. The number of halogens is 1. The van der Waals surface area contributed by atoms with Crippen LogP contribution in [-0.2, 0) is 10.3 Å². The van der Waals surface area contributed by atoms with Crippen LogP contribution in [0.4, 0.5) is 11.8 Å². The van der Waals surface area contributed by atoms with Crippen molar-refractivity contribution < 1.29 is 4.79 Å². The van der Waals surface area contributed by atoms with E-state index in [1.54, 1.807) is 6.20 Å². The average Bonchev–Trinajstić information content (AvgIpc) is 3.21. The fourth-order valence-electron chi connectivity index (χ4n) is 4.70. The molecule has 34 heavy (non-hydrogen) atoms. The summed E-state index contributed by atoms with van der Waals surface area (Å²) in [7, 11) is 0. The van der Waals surface area contributed by atoms with Gasteiger partial charge in [-0.25, -0.2) is 9.97 Å². The number of anilines is 2. The van der Waals surface area contributed by atoms with E-state index in [0.717, 1.165) is 24.4 Å². The molecule has 2 N–H and O–H groups in total. The van der Waals surface area contributed by atoms with Crippen molar-refractivity contribution in [2.45, 2.75) is 45.3 Å². The van der Waals surface area contributed by atoms with Gasteiger partial charge in [-0.3, -0.25) is 4.79 Å². The van der Waals surface area contributed by atoms with E-state index in [1.807, 2.05) is 48.8 Å². The van der Waals surface area contributed by atoms with Crippen LogP contribution in [0.5, 0.6) is 0 Å². The first-order valence-corrected chi connectivity index (χ1v) is 12.1. The molecule has 180 valence electrons. The fourth-order valence-corrected chi connectivity index (χ4v) is 4.91. The second kappa shape index (κ2) is 8.70. The van der Waals surface area contributed by atoms with Gasteiger partial charge in [-0.15, -0.1) is 0 Å². The third kappa shape index (κ3) is 4.18. The maximum atomic E-state index is 13.1. The molecule has 0 aromatic carbocycles. The number of nitrogens with zero attached hydrogens (tertiary/aromatic N) is 6. The molecule has 10 heteroatoms. The van der Waals surface area contributed by atoms with Crippen LogP contribution >= 0.6 is 11.6 Å². The first-order chi connectivity index (χ1) is 16.2. The Morgan fingerprint density at radius 1 is 1.18 bits per heavy atom. The molecule has 2 aliphatic heterocycles. The number of hydrogen-bond acceptors (Lipinski definition) is 7. The minimum Gasteiger partial charge on any atom is -0.353 e. The number of rotatable bonds is 5. The van der Waals surface area contributed by atoms with E-state index in [-0.39, 0.29) is 11.8 Å². The lowest BCUT2D eigenvalue weighted by Crippen LogP contribution is -2.57. The predicted molar refractivity (Wildman–Crippen MR) is 133 cm³/mol. The van der Waals surface area contributed by atoms with Crippen molar-refractivity contribution in [1.29, 1.82) is 0 Å². The lowest BCUT2D eigenvalue weighted by molar-refractivity contribution is -0.127. The second-order valence-electron chi connectivity index (χ2n) is 9.94. The molecule has 2 saturated heterocycles. The van der Waals surface area contributed by atoms with E-state index in [2.05, 4.69) is 44.2 Å². The minimum atomic E-state index is -0.562. The van der Waals surface area contributed by atoms with Crippen LogP contribution in [0.15, 0.2) is 36.8 Å². The molecule has 0 bridgehead atoms. The number of aromatic nitrogens is 4. The Balaban J connectivity index is 1.26. The predicted octanol–water partition coefficient (Wildman–Crippen LogP) is 2.45. The first-order valence-electron chi connectivity index (χ1n) is 11.7. The van der Waals surface area contributed by atoms with Crippen molar-refractivity contribution in [3.05, 3.63) is 47.5 Å². The standard InChI is InChI=1S/C24H31ClN8O/c1-15-12-33(16(2)9-26-15)23-28-10-18(25)21(29-23)31-13-17(14-31)22(34)30-24(3,4)19-11-27-20-7-5-6-8-32(19)20/h5-8,10-11,15-17,26H,9,12-14H2,1-4H3,(H,30,34)/t15-,16-/m0/s1. The van der Waals surface area contributed by atoms with Crippen molar-refractivity contribution in [2.24, 2.45) is 5.92 Å². The van der Waals surface area contributed by atoms with Gasteiger partial charge in [0.1, 0.15) is 10.7 Å². The number of amides is 1. The molecule has 0 unspecified atom stereocenters. The molecule has 5 heterocycles. The normalized spacial score (nSPS) is 21.6. The highest BCUT2D eigenvalue weighted by atomic mass is 35.5. The molecule has 2 aliphatic rings. The number of nitrogens with one attached hydrogen (secondary N) is 2. The van der Waals surface area contributed by atoms with Crippen LogP contribution in [-0.4, -0.2) is 63.5 Å². The van der Waals surface area contributed by atoms with Gasteiger partial charge in [-0.2, -0.15) is 4.98 Å². The molecule has 0 aliphatic carbocycles. The summed E-state index contributed by atoms with van der Waals surface area (Å²) in [6.07, 6.45) is 5.45. The number of carbonyl (C=O) groups excluding carboxylic acids is 1. The smallest absolute Gasteiger partial charge is 0.227 e. The molecule has 2 fully saturated rings. The topological polar surface area (TPSA) is 90.7 Å². The average molecular weight is 483 g/mol. The number of imidazole rings is 1. The summed E-state index contributed by atoms with van der Waals surface area (Å²) in [5.74, 6) is 1.25. The summed E-state index contributed by atoms with van der Waals surface area (Å²) in [5.41, 5.74) is 1.24. The Hall–Kier alpha value is -2.91. The summed E-state index contributed by atoms with van der Waals surface area (Å²) in [6.45, 7) is 11.2. The van der Waals surface area contributed by atoms with Crippen LogP contribution in [0.1, 0.15) is 33.4 Å². The van der Waals surface area contributed by atoms with Crippen LogP contribution in [0.25, 0.3) is 5.65 Å². The highest BCUT2D eigenvalue weighted by Gasteiger charge is 2.38. The van der Waals surface area contributed by atoms with Crippen molar-refractivity contribution in [3.8, 4) is 0 Å². The van der Waals surface area contributed by atoms with Crippen LogP contribution < -0.4 is 20.4 Å². The highest BCUT2D eigenvalue weighted by Crippen LogP contribution is 2.32. The Labute approximate surface area is 204 Å². The summed E-state index contributed by atoms with van der Waals surface area (Å²) in [5, 5.41) is 7.19. The van der Waals surface area contributed by atoms with Gasteiger partial charge in [0.2, 0.25) is 11.9 Å². The van der Waals surface area contributed by atoms with Gasteiger partial charge in [-0.1, -0.05) is 17.7 Å². The maximum absolute atomic E-state index is 13.1. The van der Waals surface area contributed by atoms with Crippen molar-refractivity contribution in [2.75, 3.05) is 36.0 Å². The number of carbonyl (C=O) groups is 1. The van der Waals surface area contributed by atoms with E-state index in [4.69, 9.17) is 16.6 Å². The third-order valence-electron chi connectivity index (χ3n) is 6.78. The van der Waals surface area contributed by atoms with E-state index in [0.29, 0.717) is 42.0 Å². The van der Waals surface area contributed by atoms with E-state index < -0.39 is 5.54 Å². The second-order valence-corrected chi connectivity index (χ2v) is 10.3. The quantitative estimate of drug-likeness (QED) is 0.577. The van der Waals surface area contributed by atoms with E-state index >= 15 is 0 Å². The number of pyridine rings is 1. The molecule has 3 aromatic rings. The van der Waals surface area contributed by atoms with Crippen molar-refractivity contribution in [1.82, 2.24) is 30.0 Å². The summed E-state index contributed by atoms with van der Waals surface area (Å²) in [6, 6.07) is 6.52. The van der Waals surface area contributed by atoms with Gasteiger partial charge >= 0.3 is 0 Å². The Kier molecular flexibility index (Phi) is 5.85. The van der Waals surface area contributed by atoms with Crippen molar-refractivity contribution >= 4 is 34.9 Å². The van der Waals surface area contributed by atoms with Gasteiger partial charge < -0.3 is 24.8 Å². The molecule has 1 amide bonds. The van der Waals surface area contributed by atoms with E-state index in [9.17, 15) is 4.79 Å². The zero-order valence-corrected chi connectivity index (χ0v) is 20.8. The molecule has 5 rings (SSSR count). The molecule has 0 saturated carbocycles. The number of hydrogen-bond donors (Lipinski definition) is 2. The molecule has 9 nitrogen and oxygen atoms in total. The largest absolute Gasteiger partial charge is 0.353 e. The van der Waals surface area contributed by atoms with Crippen molar-refractivity contribution in [3.63, 3.8) is 0 Å². The SMILES string of the molecule is C[C@H]1CN(c2ncc(Cl)c(N3CC(C(=O)NC(C)(C)c4cnc5ccccn45)C3)n2)[C@@H](C)CN1. The number of fused-ring (bicyclic) bond motifs is 1. The zero-order valence-electron chi connectivity index (χ0n) is 20.0.